The number of carbonyl (C=O) groups excluding carboxylic acids is 1. The van der Waals surface area contributed by atoms with Crippen LogP contribution in [0.5, 0.6) is 0 Å². The van der Waals surface area contributed by atoms with Gasteiger partial charge in [-0.25, -0.2) is 4.99 Å². The molecule has 4 rings (SSSR count). The molecule has 0 N–H and O–H groups in total. The molecule has 27 heavy (non-hydrogen) atoms. The second kappa shape index (κ2) is 6.29. The lowest BCUT2D eigenvalue weighted by Gasteiger charge is -2.40. The summed E-state index contributed by atoms with van der Waals surface area (Å²) in [6.07, 6.45) is 0.595. The number of rotatable bonds is 3. The van der Waals surface area contributed by atoms with E-state index in [-0.39, 0.29) is 11.3 Å². The number of aromatic nitrogens is 2. The van der Waals surface area contributed by atoms with Crippen LogP contribution < -0.4 is 0 Å². The van der Waals surface area contributed by atoms with E-state index in [0.717, 1.165) is 46.8 Å². The van der Waals surface area contributed by atoms with Gasteiger partial charge in [-0.3, -0.25) is 14.5 Å². The average molecular weight is 365 g/mol. The van der Waals surface area contributed by atoms with E-state index in [0.29, 0.717) is 18.9 Å². The third-order valence-corrected chi connectivity index (χ3v) is 5.32. The molecule has 1 aromatic heterocycles. The zero-order valence-electron chi connectivity index (χ0n) is 16.8. The third-order valence-electron chi connectivity index (χ3n) is 5.32. The van der Waals surface area contributed by atoms with Gasteiger partial charge in [0.2, 0.25) is 5.91 Å². The minimum Gasteiger partial charge on any atom is -0.341 e. The van der Waals surface area contributed by atoms with Crippen LogP contribution in [0, 0.1) is 18.3 Å². The molecular weight excluding hydrogens is 338 g/mol. The molecule has 2 aliphatic rings. The fourth-order valence-corrected chi connectivity index (χ4v) is 3.77. The molecule has 3 heterocycles. The minimum absolute atomic E-state index is 0.0339. The number of aryl methyl sites for hydroxylation is 2. The molecule has 0 atom stereocenters. The maximum absolute atomic E-state index is 12.3. The van der Waals surface area contributed by atoms with E-state index in [4.69, 9.17) is 4.99 Å². The van der Waals surface area contributed by atoms with Crippen molar-refractivity contribution >= 4 is 28.4 Å². The van der Waals surface area contributed by atoms with Gasteiger partial charge >= 0.3 is 0 Å². The van der Waals surface area contributed by atoms with Crippen molar-refractivity contribution in [2.24, 2.45) is 28.4 Å². The molecule has 1 fully saturated rings. The minimum atomic E-state index is 0.0339. The Hall–Kier alpha value is -2.50. The van der Waals surface area contributed by atoms with Gasteiger partial charge in [0.25, 0.3) is 0 Å². The lowest BCUT2D eigenvalue weighted by molar-refractivity contribution is -0.137. The van der Waals surface area contributed by atoms with Crippen molar-refractivity contribution in [3.8, 4) is 0 Å². The Morgan fingerprint density at radius 3 is 2.70 bits per heavy atom. The van der Waals surface area contributed by atoms with Crippen molar-refractivity contribution in [1.29, 1.82) is 0 Å². The van der Waals surface area contributed by atoms with Crippen LogP contribution in [-0.2, 0) is 11.8 Å². The first-order valence-corrected chi connectivity index (χ1v) is 9.55. The van der Waals surface area contributed by atoms with Crippen molar-refractivity contribution in [1.82, 2.24) is 14.7 Å². The summed E-state index contributed by atoms with van der Waals surface area (Å²) in [5, 5.41) is 5.64. The Kier molecular flexibility index (Phi) is 4.17. The van der Waals surface area contributed by atoms with Crippen LogP contribution >= 0.6 is 0 Å². The summed E-state index contributed by atoms with van der Waals surface area (Å²) in [6.45, 7) is 10.5. The second-order valence-corrected chi connectivity index (χ2v) is 8.92. The van der Waals surface area contributed by atoms with Crippen molar-refractivity contribution in [2.75, 3.05) is 19.6 Å². The second-order valence-electron chi connectivity index (χ2n) is 8.92. The van der Waals surface area contributed by atoms with Crippen LogP contribution in [0.15, 0.2) is 28.2 Å². The number of hydrogen-bond acceptors (Lipinski definition) is 4. The van der Waals surface area contributed by atoms with E-state index in [9.17, 15) is 4.79 Å². The van der Waals surface area contributed by atoms with E-state index >= 15 is 0 Å². The number of aliphatic imine (C=N–C) groups is 2. The molecule has 6 nitrogen and oxygen atoms in total. The van der Waals surface area contributed by atoms with E-state index in [1.54, 1.807) is 0 Å². The number of amides is 1. The van der Waals surface area contributed by atoms with Crippen LogP contribution in [0.2, 0.25) is 0 Å². The van der Waals surface area contributed by atoms with E-state index < -0.39 is 0 Å². The Bertz CT molecular complexity index is 970. The molecule has 1 amide bonds. The molecule has 0 unspecified atom stereocenters. The van der Waals surface area contributed by atoms with Gasteiger partial charge in [0.05, 0.1) is 17.8 Å². The summed E-state index contributed by atoms with van der Waals surface area (Å²) in [5.41, 5.74) is 4.29. The van der Waals surface area contributed by atoms with Gasteiger partial charge in [-0.1, -0.05) is 32.9 Å². The quantitative estimate of drug-likeness (QED) is 0.839. The van der Waals surface area contributed by atoms with Gasteiger partial charge in [0.15, 0.2) is 5.84 Å². The number of carbonyl (C=O) groups is 1. The van der Waals surface area contributed by atoms with Gasteiger partial charge in [-0.15, -0.1) is 0 Å². The highest BCUT2D eigenvalue weighted by Gasteiger charge is 2.36. The normalized spacial score (nSPS) is 17.9. The Morgan fingerprint density at radius 2 is 2.00 bits per heavy atom. The van der Waals surface area contributed by atoms with Gasteiger partial charge in [-0.2, -0.15) is 5.10 Å². The standard InChI is InChI=1S/C21H27N5O/c1-13-16-7-6-14(8-18(16)25(5)24-13)20-22-10-17(23-20)15-11-26(12-15)19(27)9-21(2,3)4/h6-8,15H,9-12H2,1-5H3. The van der Waals surface area contributed by atoms with Crippen molar-refractivity contribution < 1.29 is 4.79 Å². The van der Waals surface area contributed by atoms with Crippen LogP contribution in [0.4, 0.5) is 0 Å². The summed E-state index contributed by atoms with van der Waals surface area (Å²) in [4.78, 5) is 23.7. The lowest BCUT2D eigenvalue weighted by Crippen LogP contribution is -2.53. The monoisotopic (exact) mass is 365 g/mol. The van der Waals surface area contributed by atoms with Crippen LogP contribution in [0.1, 0.15) is 38.4 Å². The molecule has 2 aromatic rings. The van der Waals surface area contributed by atoms with E-state index in [1.807, 2.05) is 23.6 Å². The third kappa shape index (κ3) is 3.40. The van der Waals surface area contributed by atoms with Crippen LogP contribution in [-0.4, -0.2) is 51.8 Å². The largest absolute Gasteiger partial charge is 0.341 e. The van der Waals surface area contributed by atoms with Crippen LogP contribution in [0.25, 0.3) is 10.9 Å². The zero-order chi connectivity index (χ0) is 19.3. The Balaban J connectivity index is 1.44. The predicted molar refractivity (Wildman–Crippen MR) is 108 cm³/mol. The maximum atomic E-state index is 12.3. The molecule has 2 aliphatic heterocycles. The molecule has 6 heteroatoms. The highest BCUT2D eigenvalue weighted by molar-refractivity contribution is 6.13. The molecular formula is C21H27N5O. The lowest BCUT2D eigenvalue weighted by atomic mass is 9.88. The van der Waals surface area contributed by atoms with Gasteiger partial charge < -0.3 is 4.90 Å². The molecule has 0 spiro atoms. The predicted octanol–water partition coefficient (Wildman–Crippen LogP) is 2.98. The highest BCUT2D eigenvalue weighted by atomic mass is 16.2. The average Bonchev–Trinajstić information content (AvgIpc) is 3.10. The number of nitrogens with zero attached hydrogens (tertiary/aromatic N) is 5. The first-order valence-electron chi connectivity index (χ1n) is 9.55. The van der Waals surface area contributed by atoms with E-state index in [1.165, 1.54) is 0 Å². The topological polar surface area (TPSA) is 62.9 Å². The highest BCUT2D eigenvalue weighted by Crippen LogP contribution is 2.27. The molecule has 1 saturated heterocycles. The van der Waals surface area contributed by atoms with Crippen LogP contribution in [0.3, 0.4) is 0 Å². The van der Waals surface area contributed by atoms with Crippen molar-refractivity contribution in [2.45, 2.75) is 34.1 Å². The summed E-state index contributed by atoms with van der Waals surface area (Å²) in [5.74, 6) is 1.39. The summed E-state index contributed by atoms with van der Waals surface area (Å²) >= 11 is 0. The van der Waals surface area contributed by atoms with Gasteiger partial charge in [0.1, 0.15) is 0 Å². The first kappa shape index (κ1) is 17.9. The molecule has 0 bridgehead atoms. The maximum Gasteiger partial charge on any atom is 0.223 e. The Labute approximate surface area is 160 Å². The SMILES string of the molecule is Cc1nn(C)c2cc(C3=NCC(C4CN(C(=O)CC(C)(C)C)C4)=N3)ccc12. The number of fused-ring (bicyclic) bond motifs is 1. The molecule has 0 aliphatic carbocycles. The van der Waals surface area contributed by atoms with Gasteiger partial charge in [0, 0.05) is 49.1 Å². The fraction of sp³-hybridized carbons (Fsp3) is 0.524. The molecule has 142 valence electrons. The summed E-state index contributed by atoms with van der Waals surface area (Å²) in [6, 6.07) is 6.28. The first-order chi connectivity index (χ1) is 12.7. The summed E-state index contributed by atoms with van der Waals surface area (Å²) in [7, 11) is 1.96. The number of benzene rings is 1. The number of likely N-dealkylation sites (tertiary alicyclic amines) is 1. The van der Waals surface area contributed by atoms with Crippen molar-refractivity contribution in [3.05, 3.63) is 29.5 Å². The molecule has 0 saturated carbocycles. The number of amidine groups is 1. The zero-order valence-corrected chi connectivity index (χ0v) is 16.8. The smallest absolute Gasteiger partial charge is 0.223 e. The summed E-state index contributed by atoms with van der Waals surface area (Å²) < 4.78 is 1.90. The number of hydrogen-bond donors (Lipinski definition) is 0. The van der Waals surface area contributed by atoms with E-state index in [2.05, 4.69) is 49.1 Å². The molecule has 0 radical (unpaired) electrons. The Morgan fingerprint density at radius 1 is 1.26 bits per heavy atom. The van der Waals surface area contributed by atoms with Gasteiger partial charge in [-0.05, 0) is 18.4 Å². The van der Waals surface area contributed by atoms with Crippen molar-refractivity contribution in [3.63, 3.8) is 0 Å². The molecule has 1 aromatic carbocycles. The fourth-order valence-electron chi connectivity index (χ4n) is 3.77.